The number of rotatable bonds is 3. The van der Waals surface area contributed by atoms with Gasteiger partial charge in [-0.2, -0.15) is 8.78 Å². The molecule has 2 heterocycles. The van der Waals surface area contributed by atoms with Crippen molar-refractivity contribution in [1.29, 1.82) is 0 Å². The molecule has 0 aliphatic rings. The molecule has 0 aromatic carbocycles. The van der Waals surface area contributed by atoms with E-state index < -0.39 is 6.61 Å². The number of alkyl halides is 2. The first-order chi connectivity index (χ1) is 7.75. The van der Waals surface area contributed by atoms with Gasteiger partial charge in [0.05, 0.1) is 5.69 Å². The van der Waals surface area contributed by atoms with E-state index in [2.05, 4.69) is 14.7 Å². The van der Waals surface area contributed by atoms with Gasteiger partial charge in [0.1, 0.15) is 5.75 Å². The lowest BCUT2D eigenvalue weighted by Gasteiger charge is -2.05. The Morgan fingerprint density at radius 1 is 1.06 bits per heavy atom. The van der Waals surface area contributed by atoms with Crippen molar-refractivity contribution in [3.8, 4) is 17.0 Å². The smallest absolute Gasteiger partial charge is 0.387 e. The summed E-state index contributed by atoms with van der Waals surface area (Å²) in [5.74, 6) is 0.0943. The second-order valence-corrected chi connectivity index (χ2v) is 2.99. The maximum Gasteiger partial charge on any atom is 0.387 e. The molecule has 0 aliphatic heterocycles. The Labute approximate surface area is 90.7 Å². The van der Waals surface area contributed by atoms with Crippen LogP contribution in [-0.2, 0) is 0 Å². The van der Waals surface area contributed by atoms with Crippen LogP contribution in [0.25, 0.3) is 11.3 Å². The van der Waals surface area contributed by atoms with Crippen molar-refractivity contribution < 1.29 is 13.5 Å². The second-order valence-electron chi connectivity index (χ2n) is 2.99. The van der Waals surface area contributed by atoms with Gasteiger partial charge in [-0.15, -0.1) is 0 Å². The summed E-state index contributed by atoms with van der Waals surface area (Å²) >= 11 is 0. The van der Waals surface area contributed by atoms with E-state index in [9.17, 15) is 8.78 Å². The number of nitrogens with zero attached hydrogens (tertiary/aromatic N) is 2. The molecule has 0 spiro atoms. The Morgan fingerprint density at radius 3 is 2.50 bits per heavy atom. The first-order valence-corrected chi connectivity index (χ1v) is 4.57. The third kappa shape index (κ3) is 2.50. The van der Waals surface area contributed by atoms with Crippen molar-refractivity contribution in [2.45, 2.75) is 6.61 Å². The minimum Gasteiger partial charge on any atom is -0.435 e. The van der Waals surface area contributed by atoms with Gasteiger partial charge in [0.15, 0.2) is 0 Å². The molecule has 0 saturated carbocycles. The number of halogens is 2. The molecular formula is C11H8F2N2O. The average Bonchev–Trinajstić information content (AvgIpc) is 2.30. The number of pyridine rings is 2. The standard InChI is InChI=1S/C11H8F2N2O/c12-11(13)16-9-3-6-15-10(7-9)8-1-4-14-5-2-8/h1-7,11H. The maximum atomic E-state index is 12.0. The van der Waals surface area contributed by atoms with E-state index in [0.29, 0.717) is 5.69 Å². The van der Waals surface area contributed by atoms with Gasteiger partial charge in [0.2, 0.25) is 0 Å². The Kier molecular flexibility index (Phi) is 3.05. The predicted octanol–water partition coefficient (Wildman–Crippen LogP) is 2.75. The van der Waals surface area contributed by atoms with Gasteiger partial charge >= 0.3 is 6.61 Å². The van der Waals surface area contributed by atoms with Crippen molar-refractivity contribution in [3.63, 3.8) is 0 Å². The third-order valence-corrected chi connectivity index (χ3v) is 1.93. The highest BCUT2D eigenvalue weighted by Crippen LogP contribution is 2.21. The topological polar surface area (TPSA) is 35.0 Å². The quantitative estimate of drug-likeness (QED) is 0.800. The highest BCUT2D eigenvalue weighted by molar-refractivity contribution is 5.59. The molecule has 3 nitrogen and oxygen atoms in total. The molecule has 5 heteroatoms. The van der Waals surface area contributed by atoms with Crippen LogP contribution in [-0.4, -0.2) is 16.6 Å². The van der Waals surface area contributed by atoms with Crippen LogP contribution in [0.5, 0.6) is 5.75 Å². The second kappa shape index (κ2) is 4.65. The summed E-state index contributed by atoms with van der Waals surface area (Å²) in [7, 11) is 0. The molecule has 0 amide bonds. The maximum absolute atomic E-state index is 12.0. The summed E-state index contributed by atoms with van der Waals surface area (Å²) < 4.78 is 28.3. The zero-order valence-electron chi connectivity index (χ0n) is 8.18. The van der Waals surface area contributed by atoms with E-state index in [1.807, 2.05) is 0 Å². The lowest BCUT2D eigenvalue weighted by molar-refractivity contribution is -0.0498. The molecule has 0 aliphatic carbocycles. The van der Waals surface area contributed by atoms with E-state index in [-0.39, 0.29) is 5.75 Å². The van der Waals surface area contributed by atoms with Crippen LogP contribution in [0.2, 0.25) is 0 Å². The molecular weight excluding hydrogens is 214 g/mol. The fourth-order valence-electron chi connectivity index (χ4n) is 1.27. The van der Waals surface area contributed by atoms with Gasteiger partial charge in [-0.3, -0.25) is 9.97 Å². The number of aromatic nitrogens is 2. The number of hydrogen-bond acceptors (Lipinski definition) is 3. The molecule has 0 bridgehead atoms. The molecule has 2 aromatic heterocycles. The third-order valence-electron chi connectivity index (χ3n) is 1.93. The summed E-state index contributed by atoms with van der Waals surface area (Å²) in [6.07, 6.45) is 4.64. The van der Waals surface area contributed by atoms with Crippen molar-refractivity contribution in [3.05, 3.63) is 42.9 Å². The molecule has 2 rings (SSSR count). The molecule has 0 radical (unpaired) electrons. The first kappa shape index (κ1) is 10.5. The minimum atomic E-state index is -2.83. The fourth-order valence-corrected chi connectivity index (χ4v) is 1.27. The summed E-state index contributed by atoms with van der Waals surface area (Å²) in [4.78, 5) is 7.93. The molecule has 0 N–H and O–H groups in total. The number of ether oxygens (including phenoxy) is 1. The molecule has 0 saturated heterocycles. The van der Waals surface area contributed by atoms with E-state index in [1.54, 1.807) is 24.5 Å². The molecule has 0 fully saturated rings. The van der Waals surface area contributed by atoms with Crippen LogP contribution in [0.3, 0.4) is 0 Å². The molecule has 16 heavy (non-hydrogen) atoms. The van der Waals surface area contributed by atoms with Gasteiger partial charge in [0.25, 0.3) is 0 Å². The zero-order chi connectivity index (χ0) is 11.4. The summed E-state index contributed by atoms with van der Waals surface area (Å²) in [5.41, 5.74) is 1.37. The highest BCUT2D eigenvalue weighted by Gasteiger charge is 2.06. The average molecular weight is 222 g/mol. The van der Waals surface area contributed by atoms with Crippen molar-refractivity contribution in [1.82, 2.24) is 9.97 Å². The fraction of sp³-hybridized carbons (Fsp3) is 0.0909. The molecule has 82 valence electrons. The van der Waals surface area contributed by atoms with Crippen LogP contribution < -0.4 is 4.74 Å². The minimum absolute atomic E-state index is 0.0943. The Morgan fingerprint density at radius 2 is 1.81 bits per heavy atom. The van der Waals surface area contributed by atoms with E-state index in [1.165, 1.54) is 18.3 Å². The van der Waals surface area contributed by atoms with Crippen LogP contribution >= 0.6 is 0 Å². The predicted molar refractivity (Wildman–Crippen MR) is 54.1 cm³/mol. The van der Waals surface area contributed by atoms with Crippen molar-refractivity contribution in [2.24, 2.45) is 0 Å². The SMILES string of the molecule is FC(F)Oc1ccnc(-c2ccncc2)c1. The first-order valence-electron chi connectivity index (χ1n) is 4.57. The van der Waals surface area contributed by atoms with Gasteiger partial charge in [0, 0.05) is 30.2 Å². The summed E-state index contributed by atoms with van der Waals surface area (Å²) in [6.45, 7) is -2.83. The Balaban J connectivity index is 2.29. The molecule has 0 atom stereocenters. The monoisotopic (exact) mass is 222 g/mol. The van der Waals surface area contributed by atoms with E-state index in [4.69, 9.17) is 0 Å². The number of hydrogen-bond donors (Lipinski definition) is 0. The Bertz CT molecular complexity index is 463. The Hall–Kier alpha value is -2.04. The van der Waals surface area contributed by atoms with Crippen LogP contribution in [0.1, 0.15) is 0 Å². The molecule has 2 aromatic rings. The van der Waals surface area contributed by atoms with Crippen molar-refractivity contribution in [2.75, 3.05) is 0 Å². The van der Waals surface area contributed by atoms with Crippen molar-refractivity contribution >= 4 is 0 Å². The van der Waals surface area contributed by atoms with E-state index in [0.717, 1.165) is 5.56 Å². The van der Waals surface area contributed by atoms with Gasteiger partial charge < -0.3 is 4.74 Å². The summed E-state index contributed by atoms with van der Waals surface area (Å²) in [6, 6.07) is 6.33. The van der Waals surface area contributed by atoms with Crippen LogP contribution in [0.15, 0.2) is 42.9 Å². The van der Waals surface area contributed by atoms with Crippen LogP contribution in [0.4, 0.5) is 8.78 Å². The van der Waals surface area contributed by atoms with Gasteiger partial charge in [-0.05, 0) is 18.2 Å². The van der Waals surface area contributed by atoms with Crippen LogP contribution in [0, 0.1) is 0 Å². The highest BCUT2D eigenvalue weighted by atomic mass is 19.3. The van der Waals surface area contributed by atoms with E-state index >= 15 is 0 Å². The van der Waals surface area contributed by atoms with Gasteiger partial charge in [-0.1, -0.05) is 0 Å². The molecule has 0 unspecified atom stereocenters. The normalized spacial score (nSPS) is 10.4. The lowest BCUT2D eigenvalue weighted by Crippen LogP contribution is -2.02. The summed E-state index contributed by atoms with van der Waals surface area (Å²) in [5, 5.41) is 0. The lowest BCUT2D eigenvalue weighted by atomic mass is 10.2. The zero-order valence-corrected chi connectivity index (χ0v) is 8.18. The largest absolute Gasteiger partial charge is 0.435 e. The van der Waals surface area contributed by atoms with Gasteiger partial charge in [-0.25, -0.2) is 0 Å².